The van der Waals surface area contributed by atoms with Gasteiger partial charge in [0.15, 0.2) is 0 Å². The number of nitrogens with zero attached hydrogens (tertiary/aromatic N) is 1. The van der Waals surface area contributed by atoms with Crippen molar-refractivity contribution >= 4 is 17.3 Å². The molecular weight excluding hydrogens is 258 g/mol. The Morgan fingerprint density at radius 2 is 1.95 bits per heavy atom. The van der Waals surface area contributed by atoms with E-state index in [9.17, 15) is 4.79 Å². The van der Waals surface area contributed by atoms with Crippen LogP contribution in [0.1, 0.15) is 27.4 Å². The van der Waals surface area contributed by atoms with E-state index in [4.69, 9.17) is 0 Å². The molecule has 1 heterocycles. The molecule has 100 valence electrons. The molecule has 1 aromatic heterocycles. The summed E-state index contributed by atoms with van der Waals surface area (Å²) in [5, 5.41) is 2.96. The zero-order valence-corrected chi connectivity index (χ0v) is 12.2. The predicted octanol–water partition coefficient (Wildman–Crippen LogP) is 3.07. The molecular formula is C15H17NO2S. The van der Waals surface area contributed by atoms with Crippen LogP contribution in [0.25, 0.3) is 0 Å². The number of methoxy groups -OCH3 is 1. The number of hydrogen-bond donors (Lipinski definition) is 0. The molecule has 0 spiro atoms. The van der Waals surface area contributed by atoms with Crippen molar-refractivity contribution in [2.75, 3.05) is 7.11 Å². The highest BCUT2D eigenvalue weighted by Crippen LogP contribution is 2.17. The fourth-order valence-corrected chi connectivity index (χ4v) is 2.91. The molecule has 0 saturated carbocycles. The SMILES string of the molecule is COC(=O)Cc1csc(Cc2cc(C)cc(C)c2)n1. The van der Waals surface area contributed by atoms with Crippen molar-refractivity contribution in [3.05, 3.63) is 51.0 Å². The lowest BCUT2D eigenvalue weighted by Gasteiger charge is -2.02. The minimum absolute atomic E-state index is 0.247. The molecule has 0 aliphatic heterocycles. The van der Waals surface area contributed by atoms with E-state index in [0.717, 1.165) is 17.1 Å². The van der Waals surface area contributed by atoms with E-state index in [1.807, 2.05) is 5.38 Å². The summed E-state index contributed by atoms with van der Waals surface area (Å²) >= 11 is 1.59. The van der Waals surface area contributed by atoms with Crippen molar-refractivity contribution in [2.24, 2.45) is 0 Å². The summed E-state index contributed by atoms with van der Waals surface area (Å²) in [6.45, 7) is 4.20. The van der Waals surface area contributed by atoms with Gasteiger partial charge in [-0.25, -0.2) is 4.98 Å². The van der Waals surface area contributed by atoms with Crippen LogP contribution in [0.15, 0.2) is 23.6 Å². The maximum atomic E-state index is 11.2. The van der Waals surface area contributed by atoms with Gasteiger partial charge >= 0.3 is 5.97 Å². The van der Waals surface area contributed by atoms with Gasteiger partial charge in [0.25, 0.3) is 0 Å². The number of hydrogen-bond acceptors (Lipinski definition) is 4. The van der Waals surface area contributed by atoms with Gasteiger partial charge in [0.1, 0.15) is 0 Å². The Kier molecular flexibility index (Phi) is 4.32. The Bertz CT molecular complexity index is 569. The van der Waals surface area contributed by atoms with Crippen molar-refractivity contribution in [1.82, 2.24) is 4.98 Å². The highest BCUT2D eigenvalue weighted by Gasteiger charge is 2.08. The van der Waals surface area contributed by atoms with Gasteiger partial charge in [0.2, 0.25) is 0 Å². The van der Waals surface area contributed by atoms with Crippen molar-refractivity contribution in [3.63, 3.8) is 0 Å². The Hall–Kier alpha value is -1.68. The molecule has 0 unspecified atom stereocenters. The summed E-state index contributed by atoms with van der Waals surface area (Å²) in [5.74, 6) is -0.247. The standard InChI is InChI=1S/C15H17NO2S/c1-10-4-11(2)6-12(5-10)7-14-16-13(9-19-14)8-15(17)18-3/h4-6,9H,7-8H2,1-3H3. The zero-order valence-electron chi connectivity index (χ0n) is 11.4. The van der Waals surface area contributed by atoms with Crippen molar-refractivity contribution in [3.8, 4) is 0 Å². The molecule has 2 aromatic rings. The summed E-state index contributed by atoms with van der Waals surface area (Å²) < 4.78 is 4.64. The van der Waals surface area contributed by atoms with Gasteiger partial charge in [-0.15, -0.1) is 11.3 Å². The van der Waals surface area contributed by atoms with E-state index in [2.05, 4.69) is 41.8 Å². The quantitative estimate of drug-likeness (QED) is 0.805. The van der Waals surface area contributed by atoms with Gasteiger partial charge in [-0.05, 0) is 19.4 Å². The third-order valence-electron chi connectivity index (χ3n) is 2.79. The Balaban J connectivity index is 2.09. The lowest BCUT2D eigenvalue weighted by Crippen LogP contribution is -2.04. The lowest BCUT2D eigenvalue weighted by molar-refractivity contribution is -0.139. The maximum absolute atomic E-state index is 11.2. The molecule has 0 aliphatic carbocycles. The van der Waals surface area contributed by atoms with Crippen LogP contribution in [-0.2, 0) is 22.4 Å². The molecule has 1 aromatic carbocycles. The summed E-state index contributed by atoms with van der Waals surface area (Å²) in [6, 6.07) is 6.51. The topological polar surface area (TPSA) is 39.2 Å². The van der Waals surface area contributed by atoms with Crippen LogP contribution in [-0.4, -0.2) is 18.1 Å². The first kappa shape index (κ1) is 13.7. The van der Waals surface area contributed by atoms with E-state index < -0.39 is 0 Å². The van der Waals surface area contributed by atoms with Gasteiger partial charge in [-0.1, -0.05) is 29.3 Å². The van der Waals surface area contributed by atoms with E-state index in [-0.39, 0.29) is 12.4 Å². The molecule has 0 aliphatic rings. The second kappa shape index (κ2) is 5.97. The van der Waals surface area contributed by atoms with Gasteiger partial charge in [0, 0.05) is 11.8 Å². The lowest BCUT2D eigenvalue weighted by atomic mass is 10.1. The number of carbonyl (C=O) groups excluding carboxylic acids is 1. The van der Waals surface area contributed by atoms with E-state index >= 15 is 0 Å². The molecule has 0 bridgehead atoms. The van der Waals surface area contributed by atoms with Crippen LogP contribution in [0.2, 0.25) is 0 Å². The third-order valence-corrected chi connectivity index (χ3v) is 3.69. The molecule has 0 fully saturated rings. The number of aryl methyl sites for hydroxylation is 2. The molecule has 2 rings (SSSR count). The molecule has 0 atom stereocenters. The molecule has 0 amide bonds. The van der Waals surface area contributed by atoms with Crippen LogP contribution in [0.4, 0.5) is 0 Å². The Morgan fingerprint density at radius 3 is 2.58 bits per heavy atom. The van der Waals surface area contributed by atoms with E-state index in [0.29, 0.717) is 0 Å². The largest absolute Gasteiger partial charge is 0.469 e. The fourth-order valence-electron chi connectivity index (χ4n) is 2.08. The summed E-state index contributed by atoms with van der Waals surface area (Å²) in [6.07, 6.45) is 1.06. The van der Waals surface area contributed by atoms with Crippen LogP contribution >= 0.6 is 11.3 Å². The predicted molar refractivity (Wildman–Crippen MR) is 76.6 cm³/mol. The van der Waals surface area contributed by atoms with Crippen LogP contribution in [0.3, 0.4) is 0 Å². The summed E-state index contributed by atoms with van der Waals surface area (Å²) in [5.41, 5.74) is 4.58. The van der Waals surface area contributed by atoms with Gasteiger partial charge < -0.3 is 4.74 Å². The molecule has 0 N–H and O–H groups in total. The Morgan fingerprint density at radius 1 is 1.26 bits per heavy atom. The molecule has 0 saturated heterocycles. The van der Waals surface area contributed by atoms with E-state index in [1.54, 1.807) is 11.3 Å². The smallest absolute Gasteiger partial charge is 0.311 e. The number of benzene rings is 1. The monoisotopic (exact) mass is 275 g/mol. The van der Waals surface area contributed by atoms with Crippen molar-refractivity contribution in [1.29, 1.82) is 0 Å². The number of esters is 1. The second-order valence-electron chi connectivity index (χ2n) is 4.66. The van der Waals surface area contributed by atoms with Crippen LogP contribution in [0, 0.1) is 13.8 Å². The summed E-state index contributed by atoms with van der Waals surface area (Å²) in [7, 11) is 1.39. The zero-order chi connectivity index (χ0) is 13.8. The fraction of sp³-hybridized carbons (Fsp3) is 0.333. The highest BCUT2D eigenvalue weighted by molar-refractivity contribution is 7.09. The highest BCUT2D eigenvalue weighted by atomic mass is 32.1. The normalized spacial score (nSPS) is 10.5. The molecule has 3 nitrogen and oxygen atoms in total. The first-order valence-corrected chi connectivity index (χ1v) is 7.02. The Labute approximate surface area is 117 Å². The van der Waals surface area contributed by atoms with Gasteiger partial charge in [-0.3, -0.25) is 4.79 Å². The molecule has 19 heavy (non-hydrogen) atoms. The van der Waals surface area contributed by atoms with Crippen molar-refractivity contribution in [2.45, 2.75) is 26.7 Å². The number of carbonyl (C=O) groups is 1. The minimum atomic E-state index is -0.247. The van der Waals surface area contributed by atoms with Crippen molar-refractivity contribution < 1.29 is 9.53 Å². The van der Waals surface area contributed by atoms with Crippen LogP contribution in [0.5, 0.6) is 0 Å². The van der Waals surface area contributed by atoms with Gasteiger partial charge in [-0.2, -0.15) is 0 Å². The second-order valence-corrected chi connectivity index (χ2v) is 5.60. The third kappa shape index (κ3) is 3.89. The first-order valence-electron chi connectivity index (χ1n) is 6.14. The molecule has 4 heteroatoms. The van der Waals surface area contributed by atoms with Crippen LogP contribution < -0.4 is 0 Å². The summed E-state index contributed by atoms with van der Waals surface area (Å²) in [4.78, 5) is 15.7. The number of ether oxygens (including phenoxy) is 1. The van der Waals surface area contributed by atoms with E-state index in [1.165, 1.54) is 23.8 Å². The van der Waals surface area contributed by atoms with Gasteiger partial charge in [0.05, 0.1) is 24.2 Å². The average molecular weight is 275 g/mol. The first-order chi connectivity index (χ1) is 9.06. The average Bonchev–Trinajstić information content (AvgIpc) is 2.74. The maximum Gasteiger partial charge on any atom is 0.311 e. The number of thiazole rings is 1. The number of rotatable bonds is 4. The molecule has 0 radical (unpaired) electrons. The number of aromatic nitrogens is 1. The minimum Gasteiger partial charge on any atom is -0.469 e.